The van der Waals surface area contributed by atoms with Gasteiger partial charge in [0.15, 0.2) is 11.5 Å². The van der Waals surface area contributed by atoms with Gasteiger partial charge in [-0.15, -0.1) is 0 Å². The fourth-order valence-electron chi connectivity index (χ4n) is 2.32. The first kappa shape index (κ1) is 16.5. The van der Waals surface area contributed by atoms with Crippen molar-refractivity contribution in [3.8, 4) is 17.2 Å². The van der Waals surface area contributed by atoms with Crippen molar-refractivity contribution in [2.45, 2.75) is 6.10 Å². The van der Waals surface area contributed by atoms with E-state index in [1.165, 1.54) is 7.11 Å². The minimum absolute atomic E-state index is 0.178. The van der Waals surface area contributed by atoms with Crippen LogP contribution in [-0.4, -0.2) is 38.0 Å². The summed E-state index contributed by atoms with van der Waals surface area (Å²) in [5.74, 6) is 0.291. The Morgan fingerprint density at radius 1 is 0.920 bits per heavy atom. The summed E-state index contributed by atoms with van der Waals surface area (Å²) in [7, 11) is 3.03. The van der Waals surface area contributed by atoms with E-state index in [1.807, 2.05) is 0 Å². The van der Waals surface area contributed by atoms with Gasteiger partial charge in [0.2, 0.25) is 0 Å². The molecule has 1 unspecified atom stereocenters. The molecule has 25 heavy (non-hydrogen) atoms. The van der Waals surface area contributed by atoms with E-state index < -0.39 is 17.9 Å². The number of methoxy groups -OCH3 is 2. The maximum absolute atomic E-state index is 12.3. The maximum atomic E-state index is 12.3. The second-order valence-electron chi connectivity index (χ2n) is 5.17. The lowest BCUT2D eigenvalue weighted by Crippen LogP contribution is -2.50. The van der Waals surface area contributed by atoms with E-state index in [-0.39, 0.29) is 5.84 Å². The quantitative estimate of drug-likeness (QED) is 0.835. The molecule has 7 heteroatoms. The molecule has 128 valence electrons. The van der Waals surface area contributed by atoms with Gasteiger partial charge in [0.25, 0.3) is 17.9 Å². The van der Waals surface area contributed by atoms with Crippen LogP contribution >= 0.6 is 0 Å². The molecule has 7 nitrogen and oxygen atoms in total. The summed E-state index contributed by atoms with van der Waals surface area (Å²) in [5, 5.41) is 2.59. The summed E-state index contributed by atoms with van der Waals surface area (Å²) in [4.78, 5) is 28.5. The molecule has 1 N–H and O–H groups in total. The smallest absolute Gasteiger partial charge is 0.298 e. The number of rotatable bonds is 5. The third-order valence-electron chi connectivity index (χ3n) is 3.60. The summed E-state index contributed by atoms with van der Waals surface area (Å²) in [6, 6.07) is 13.6. The SMILES string of the molecule is COc1ccc(C2=NC(=O)C(Oc3ccccc3OC)C(=O)N2)cc1. The van der Waals surface area contributed by atoms with Crippen LogP contribution in [0.4, 0.5) is 0 Å². The molecule has 0 fully saturated rings. The van der Waals surface area contributed by atoms with E-state index in [0.29, 0.717) is 22.8 Å². The molecule has 2 aromatic rings. The van der Waals surface area contributed by atoms with Gasteiger partial charge >= 0.3 is 0 Å². The predicted molar refractivity (Wildman–Crippen MR) is 90.1 cm³/mol. The molecular weight excluding hydrogens is 324 g/mol. The number of aliphatic imine (C=N–C) groups is 1. The first-order valence-corrected chi connectivity index (χ1v) is 7.50. The number of ether oxygens (including phenoxy) is 3. The van der Waals surface area contributed by atoms with E-state index in [2.05, 4.69) is 10.3 Å². The highest BCUT2D eigenvalue weighted by Gasteiger charge is 2.35. The van der Waals surface area contributed by atoms with Crippen molar-refractivity contribution in [3.63, 3.8) is 0 Å². The van der Waals surface area contributed by atoms with Gasteiger partial charge in [-0.1, -0.05) is 12.1 Å². The van der Waals surface area contributed by atoms with Crippen molar-refractivity contribution >= 4 is 17.6 Å². The standard InChI is InChI=1S/C18H16N2O5/c1-23-12-9-7-11(8-10-12)16-19-17(21)15(18(22)20-16)25-14-6-4-3-5-13(14)24-2/h3-10,15H,1-2H3,(H,19,20,21,22). The van der Waals surface area contributed by atoms with Crippen LogP contribution < -0.4 is 19.5 Å². The average Bonchev–Trinajstić information content (AvgIpc) is 2.65. The third-order valence-corrected chi connectivity index (χ3v) is 3.60. The van der Waals surface area contributed by atoms with Crippen molar-refractivity contribution < 1.29 is 23.8 Å². The molecular formula is C18H16N2O5. The molecule has 0 bridgehead atoms. The number of amides is 2. The Bertz CT molecular complexity index is 830. The normalized spacial score (nSPS) is 16.7. The van der Waals surface area contributed by atoms with Gasteiger partial charge in [0.05, 0.1) is 14.2 Å². The highest BCUT2D eigenvalue weighted by atomic mass is 16.5. The molecule has 0 spiro atoms. The predicted octanol–water partition coefficient (Wildman–Crippen LogP) is 1.55. The molecule has 0 aliphatic carbocycles. The molecule has 2 amide bonds. The zero-order valence-corrected chi connectivity index (χ0v) is 13.7. The van der Waals surface area contributed by atoms with Crippen molar-refractivity contribution in [2.24, 2.45) is 4.99 Å². The van der Waals surface area contributed by atoms with Crippen LogP contribution in [0.1, 0.15) is 5.56 Å². The number of para-hydroxylation sites is 2. The monoisotopic (exact) mass is 340 g/mol. The number of nitrogens with one attached hydrogen (secondary N) is 1. The Morgan fingerprint density at radius 3 is 2.20 bits per heavy atom. The molecule has 0 saturated heterocycles. The lowest BCUT2D eigenvalue weighted by molar-refractivity contribution is -0.137. The van der Waals surface area contributed by atoms with Crippen molar-refractivity contribution in [1.29, 1.82) is 0 Å². The zero-order valence-electron chi connectivity index (χ0n) is 13.7. The number of nitrogens with zero attached hydrogens (tertiary/aromatic N) is 1. The summed E-state index contributed by atoms with van der Waals surface area (Å²) in [6.45, 7) is 0. The van der Waals surface area contributed by atoms with Crippen LogP contribution in [0.15, 0.2) is 53.5 Å². The molecule has 1 atom stereocenters. The Hall–Kier alpha value is -3.35. The van der Waals surface area contributed by atoms with Gasteiger partial charge in [-0.2, -0.15) is 4.99 Å². The highest BCUT2D eigenvalue weighted by Crippen LogP contribution is 2.27. The first-order valence-electron chi connectivity index (χ1n) is 7.50. The fourth-order valence-corrected chi connectivity index (χ4v) is 2.32. The lowest BCUT2D eigenvalue weighted by Gasteiger charge is -2.22. The molecule has 2 aromatic carbocycles. The van der Waals surface area contributed by atoms with Crippen LogP contribution in [0.2, 0.25) is 0 Å². The van der Waals surface area contributed by atoms with Crippen molar-refractivity contribution in [3.05, 3.63) is 54.1 Å². The highest BCUT2D eigenvalue weighted by molar-refractivity contribution is 6.22. The summed E-state index contributed by atoms with van der Waals surface area (Å²) >= 11 is 0. The van der Waals surface area contributed by atoms with Crippen molar-refractivity contribution in [2.75, 3.05) is 14.2 Å². The Balaban J connectivity index is 1.82. The molecule has 0 saturated carbocycles. The number of hydrogen-bond donors (Lipinski definition) is 1. The van der Waals surface area contributed by atoms with Gasteiger partial charge in [-0.05, 0) is 36.4 Å². The molecule has 1 heterocycles. The molecule has 0 radical (unpaired) electrons. The van der Waals surface area contributed by atoms with E-state index >= 15 is 0 Å². The van der Waals surface area contributed by atoms with Gasteiger partial charge in [0.1, 0.15) is 11.6 Å². The number of carbonyl (C=O) groups excluding carboxylic acids is 2. The summed E-state index contributed by atoms with van der Waals surface area (Å²) in [6.07, 6.45) is -1.36. The number of benzene rings is 2. The Kier molecular flexibility index (Phi) is 4.65. The molecule has 3 rings (SSSR count). The fraction of sp³-hybridized carbons (Fsp3) is 0.167. The average molecular weight is 340 g/mol. The third kappa shape index (κ3) is 3.45. The van der Waals surface area contributed by atoms with Gasteiger partial charge in [-0.3, -0.25) is 9.59 Å². The summed E-state index contributed by atoms with van der Waals surface area (Å²) < 4.78 is 15.7. The van der Waals surface area contributed by atoms with Crippen LogP contribution in [0.25, 0.3) is 0 Å². The lowest BCUT2D eigenvalue weighted by atomic mass is 10.1. The van der Waals surface area contributed by atoms with E-state index in [1.54, 1.807) is 55.6 Å². The second kappa shape index (κ2) is 7.04. The van der Waals surface area contributed by atoms with Gasteiger partial charge in [0, 0.05) is 5.56 Å². The number of carbonyl (C=O) groups is 2. The largest absolute Gasteiger partial charge is 0.497 e. The minimum atomic E-state index is -1.36. The Labute approximate surface area is 144 Å². The maximum Gasteiger partial charge on any atom is 0.298 e. The van der Waals surface area contributed by atoms with E-state index in [4.69, 9.17) is 14.2 Å². The first-order chi connectivity index (χ1) is 12.1. The molecule has 1 aliphatic heterocycles. The van der Waals surface area contributed by atoms with Crippen LogP contribution in [-0.2, 0) is 9.59 Å². The minimum Gasteiger partial charge on any atom is -0.497 e. The van der Waals surface area contributed by atoms with Crippen LogP contribution in [0, 0.1) is 0 Å². The topological polar surface area (TPSA) is 86.2 Å². The van der Waals surface area contributed by atoms with Gasteiger partial charge in [-0.25, -0.2) is 0 Å². The van der Waals surface area contributed by atoms with Gasteiger partial charge < -0.3 is 19.5 Å². The molecule has 0 aromatic heterocycles. The molecule has 1 aliphatic rings. The second-order valence-corrected chi connectivity index (χ2v) is 5.17. The number of hydrogen-bond acceptors (Lipinski definition) is 5. The summed E-state index contributed by atoms with van der Waals surface area (Å²) in [5.41, 5.74) is 0.596. The van der Waals surface area contributed by atoms with Crippen molar-refractivity contribution in [1.82, 2.24) is 5.32 Å². The van der Waals surface area contributed by atoms with Crippen LogP contribution in [0.3, 0.4) is 0 Å². The Morgan fingerprint density at radius 2 is 1.60 bits per heavy atom. The zero-order chi connectivity index (χ0) is 17.8. The van der Waals surface area contributed by atoms with Crippen LogP contribution in [0.5, 0.6) is 17.2 Å². The number of amidine groups is 1. The van der Waals surface area contributed by atoms with E-state index in [0.717, 1.165) is 0 Å². The van der Waals surface area contributed by atoms with E-state index in [9.17, 15) is 9.59 Å².